The normalized spacial score (nSPS) is 18.1. The van der Waals surface area contributed by atoms with Gasteiger partial charge in [-0.1, -0.05) is 29.3 Å². The van der Waals surface area contributed by atoms with Gasteiger partial charge in [-0.25, -0.2) is 9.59 Å². The van der Waals surface area contributed by atoms with Gasteiger partial charge in [0.05, 0.1) is 15.7 Å². The van der Waals surface area contributed by atoms with E-state index < -0.39 is 23.9 Å². The van der Waals surface area contributed by atoms with Crippen LogP contribution in [0.2, 0.25) is 10.0 Å². The van der Waals surface area contributed by atoms with Crippen LogP contribution >= 0.6 is 23.2 Å². The number of aliphatic carboxylic acids is 1. The standard InChI is InChI=1S/C12H11Cl2N3O4/c13-6-2-1-3-7(10(6)14)16-12(21)17-5-9(18)15-4-8(17)11(19)20/h1-3,8H,4-5H2,(H,15,18)(H,16,21)(H,19,20). The first-order chi connectivity index (χ1) is 9.90. The predicted molar refractivity (Wildman–Crippen MR) is 76.6 cm³/mol. The fourth-order valence-corrected chi connectivity index (χ4v) is 2.21. The number of nitrogens with one attached hydrogen (secondary N) is 2. The van der Waals surface area contributed by atoms with Gasteiger partial charge in [0.15, 0.2) is 0 Å². The van der Waals surface area contributed by atoms with Crippen LogP contribution in [0.25, 0.3) is 0 Å². The van der Waals surface area contributed by atoms with E-state index >= 15 is 0 Å². The first-order valence-corrected chi connectivity index (χ1v) is 6.67. The lowest BCUT2D eigenvalue weighted by Crippen LogP contribution is -2.60. The van der Waals surface area contributed by atoms with Crippen LogP contribution < -0.4 is 10.6 Å². The first-order valence-electron chi connectivity index (χ1n) is 5.91. The van der Waals surface area contributed by atoms with Gasteiger partial charge in [0.25, 0.3) is 0 Å². The molecule has 3 N–H and O–H groups in total. The molecule has 0 aromatic heterocycles. The number of anilines is 1. The Bertz CT molecular complexity index is 608. The number of carbonyl (C=O) groups excluding carboxylic acids is 2. The molecule has 1 aliphatic rings. The van der Waals surface area contributed by atoms with E-state index in [9.17, 15) is 14.4 Å². The van der Waals surface area contributed by atoms with E-state index in [-0.39, 0.29) is 28.8 Å². The predicted octanol–water partition coefficient (Wildman–Crippen LogP) is 1.41. The SMILES string of the molecule is O=C1CN(C(=O)Nc2cccc(Cl)c2Cl)C(C(=O)O)CN1. The Hall–Kier alpha value is -1.99. The number of nitrogens with zero attached hydrogens (tertiary/aromatic N) is 1. The van der Waals surface area contributed by atoms with Crippen molar-refractivity contribution in [3.63, 3.8) is 0 Å². The van der Waals surface area contributed by atoms with Gasteiger partial charge in [-0.15, -0.1) is 0 Å². The Balaban J connectivity index is 2.19. The number of hydrogen-bond acceptors (Lipinski definition) is 3. The molecule has 21 heavy (non-hydrogen) atoms. The van der Waals surface area contributed by atoms with Gasteiger partial charge in [0, 0.05) is 6.54 Å². The summed E-state index contributed by atoms with van der Waals surface area (Å²) in [4.78, 5) is 35.6. The van der Waals surface area contributed by atoms with Crippen LogP contribution in [0.3, 0.4) is 0 Å². The molecule has 1 aromatic carbocycles. The lowest BCUT2D eigenvalue weighted by molar-refractivity contribution is -0.144. The Morgan fingerprint density at radius 1 is 1.38 bits per heavy atom. The largest absolute Gasteiger partial charge is 0.480 e. The molecule has 0 aliphatic carbocycles. The molecule has 112 valence electrons. The summed E-state index contributed by atoms with van der Waals surface area (Å²) < 4.78 is 0. The van der Waals surface area contributed by atoms with Crippen molar-refractivity contribution in [3.8, 4) is 0 Å². The molecule has 1 saturated heterocycles. The lowest BCUT2D eigenvalue weighted by atomic mass is 10.2. The maximum atomic E-state index is 12.2. The van der Waals surface area contributed by atoms with E-state index in [4.69, 9.17) is 28.3 Å². The fourth-order valence-electron chi connectivity index (χ4n) is 1.86. The number of hydrogen-bond donors (Lipinski definition) is 3. The van der Waals surface area contributed by atoms with Crippen molar-refractivity contribution in [2.45, 2.75) is 6.04 Å². The summed E-state index contributed by atoms with van der Waals surface area (Å²) in [5.74, 6) is -1.64. The van der Waals surface area contributed by atoms with Gasteiger partial charge in [-0.05, 0) is 12.1 Å². The zero-order valence-corrected chi connectivity index (χ0v) is 12.1. The second kappa shape index (κ2) is 6.19. The second-order valence-electron chi connectivity index (χ2n) is 4.32. The molecular weight excluding hydrogens is 321 g/mol. The molecule has 0 bridgehead atoms. The van der Waals surface area contributed by atoms with Gasteiger partial charge >= 0.3 is 12.0 Å². The molecule has 1 heterocycles. The monoisotopic (exact) mass is 331 g/mol. The van der Waals surface area contributed by atoms with Crippen molar-refractivity contribution in [1.29, 1.82) is 0 Å². The highest BCUT2D eigenvalue weighted by Gasteiger charge is 2.35. The average molecular weight is 332 g/mol. The molecule has 0 radical (unpaired) electrons. The molecule has 2 rings (SSSR count). The van der Waals surface area contributed by atoms with E-state index in [0.29, 0.717) is 0 Å². The third-order valence-corrected chi connectivity index (χ3v) is 3.74. The van der Waals surface area contributed by atoms with Crippen molar-refractivity contribution >= 4 is 46.8 Å². The number of rotatable bonds is 2. The number of carboxylic acid groups (broad SMARTS) is 1. The molecule has 1 fully saturated rings. The number of halogens is 2. The number of carboxylic acids is 1. The zero-order valence-electron chi connectivity index (χ0n) is 10.6. The van der Waals surface area contributed by atoms with Crippen molar-refractivity contribution < 1.29 is 19.5 Å². The van der Waals surface area contributed by atoms with Crippen LogP contribution in [0.5, 0.6) is 0 Å². The summed E-state index contributed by atoms with van der Waals surface area (Å²) in [7, 11) is 0. The fraction of sp³-hybridized carbons (Fsp3) is 0.250. The summed E-state index contributed by atoms with van der Waals surface area (Å²) >= 11 is 11.8. The summed E-state index contributed by atoms with van der Waals surface area (Å²) in [6, 6.07) is 2.78. The topological polar surface area (TPSA) is 98.7 Å². The van der Waals surface area contributed by atoms with E-state index in [1.165, 1.54) is 6.07 Å². The minimum atomic E-state index is -1.21. The Morgan fingerprint density at radius 2 is 2.10 bits per heavy atom. The van der Waals surface area contributed by atoms with Crippen LogP contribution in [0.15, 0.2) is 18.2 Å². The Labute approximate surface area is 129 Å². The molecular formula is C12H11Cl2N3O4. The molecule has 0 saturated carbocycles. The van der Waals surface area contributed by atoms with Crippen molar-refractivity contribution in [2.75, 3.05) is 18.4 Å². The Morgan fingerprint density at radius 3 is 2.76 bits per heavy atom. The highest BCUT2D eigenvalue weighted by molar-refractivity contribution is 6.43. The van der Waals surface area contributed by atoms with E-state index in [0.717, 1.165) is 4.90 Å². The third kappa shape index (κ3) is 3.37. The molecule has 1 aliphatic heterocycles. The van der Waals surface area contributed by atoms with E-state index in [1.54, 1.807) is 12.1 Å². The Kier molecular flexibility index (Phi) is 4.54. The van der Waals surface area contributed by atoms with Crippen LogP contribution in [0.4, 0.5) is 10.5 Å². The van der Waals surface area contributed by atoms with Gasteiger partial charge in [0.1, 0.15) is 12.6 Å². The van der Waals surface area contributed by atoms with Gasteiger partial charge < -0.3 is 15.7 Å². The minimum absolute atomic E-state index is 0.140. The number of urea groups is 1. The second-order valence-corrected chi connectivity index (χ2v) is 5.10. The summed E-state index contributed by atoms with van der Waals surface area (Å²) in [6.07, 6.45) is 0. The first kappa shape index (κ1) is 15.4. The quantitative estimate of drug-likeness (QED) is 0.762. The summed E-state index contributed by atoms with van der Waals surface area (Å²) in [5, 5.41) is 14.3. The summed E-state index contributed by atoms with van der Waals surface area (Å²) in [5.41, 5.74) is 0.240. The highest BCUT2D eigenvalue weighted by Crippen LogP contribution is 2.29. The van der Waals surface area contributed by atoms with Crippen molar-refractivity contribution in [3.05, 3.63) is 28.2 Å². The number of piperazine rings is 1. The van der Waals surface area contributed by atoms with Gasteiger partial charge in [0.2, 0.25) is 5.91 Å². The van der Waals surface area contributed by atoms with Gasteiger partial charge in [-0.2, -0.15) is 0 Å². The molecule has 1 aromatic rings. The average Bonchev–Trinajstić information content (AvgIpc) is 2.43. The van der Waals surface area contributed by atoms with E-state index in [2.05, 4.69) is 10.6 Å². The minimum Gasteiger partial charge on any atom is -0.480 e. The van der Waals surface area contributed by atoms with Crippen LogP contribution in [-0.2, 0) is 9.59 Å². The number of carbonyl (C=O) groups is 3. The molecule has 3 amide bonds. The molecule has 1 unspecified atom stereocenters. The lowest BCUT2D eigenvalue weighted by Gasteiger charge is -2.32. The third-order valence-electron chi connectivity index (χ3n) is 2.92. The maximum Gasteiger partial charge on any atom is 0.328 e. The van der Waals surface area contributed by atoms with Crippen LogP contribution in [0, 0.1) is 0 Å². The zero-order chi connectivity index (χ0) is 15.6. The molecule has 7 nitrogen and oxygen atoms in total. The smallest absolute Gasteiger partial charge is 0.328 e. The maximum absolute atomic E-state index is 12.2. The molecule has 9 heteroatoms. The van der Waals surface area contributed by atoms with Crippen LogP contribution in [0.1, 0.15) is 0 Å². The van der Waals surface area contributed by atoms with Crippen molar-refractivity contribution in [2.24, 2.45) is 0 Å². The molecule has 0 spiro atoms. The van der Waals surface area contributed by atoms with Crippen LogP contribution in [-0.4, -0.2) is 47.0 Å². The highest BCUT2D eigenvalue weighted by atomic mass is 35.5. The van der Waals surface area contributed by atoms with Gasteiger partial charge in [-0.3, -0.25) is 9.69 Å². The summed E-state index contributed by atoms with van der Waals surface area (Å²) in [6.45, 7) is -0.494. The molecule has 1 atom stereocenters. The number of amides is 3. The number of benzene rings is 1. The van der Waals surface area contributed by atoms with Crippen molar-refractivity contribution in [1.82, 2.24) is 10.2 Å². The van der Waals surface area contributed by atoms with E-state index in [1.807, 2.05) is 0 Å².